The molecule has 156 valence electrons. The van der Waals surface area contributed by atoms with E-state index in [1.807, 2.05) is 12.3 Å². The van der Waals surface area contributed by atoms with Crippen molar-refractivity contribution in [3.63, 3.8) is 0 Å². The van der Waals surface area contributed by atoms with E-state index in [-0.39, 0.29) is 22.9 Å². The summed E-state index contributed by atoms with van der Waals surface area (Å²) < 4.78 is 29.8. The second kappa shape index (κ2) is 6.98. The molecule has 0 spiro atoms. The smallest absolute Gasteiger partial charge is 0.281 e. The Morgan fingerprint density at radius 3 is 2.65 bits per heavy atom. The number of anilines is 1. The summed E-state index contributed by atoms with van der Waals surface area (Å²) in [7, 11) is 0. The summed E-state index contributed by atoms with van der Waals surface area (Å²) in [6.45, 7) is 3.63. The van der Waals surface area contributed by atoms with Crippen LogP contribution in [-0.4, -0.2) is 24.6 Å². The highest BCUT2D eigenvalue weighted by Crippen LogP contribution is 2.41. The highest BCUT2D eigenvalue weighted by Gasteiger charge is 2.25. The van der Waals surface area contributed by atoms with Crippen LogP contribution < -0.4 is 5.73 Å². The summed E-state index contributed by atoms with van der Waals surface area (Å²) in [4.78, 5) is 13.6. The van der Waals surface area contributed by atoms with E-state index in [0.29, 0.717) is 38.1 Å². The Balaban J connectivity index is 2.01. The zero-order valence-corrected chi connectivity index (χ0v) is 17.4. The van der Waals surface area contributed by atoms with E-state index >= 15 is 0 Å². The molecule has 0 amide bonds. The van der Waals surface area contributed by atoms with Gasteiger partial charge in [0.25, 0.3) is 6.43 Å². The Kier molecular flexibility index (Phi) is 4.37. The molecule has 0 aliphatic rings. The Hall–Kier alpha value is -3.59. The number of phenolic OH excluding ortho intramolecular Hbond substituents is 1. The van der Waals surface area contributed by atoms with Crippen LogP contribution >= 0.6 is 11.3 Å². The molecule has 5 rings (SSSR count). The summed E-state index contributed by atoms with van der Waals surface area (Å²) in [5.74, 6) is 0.315. The minimum atomic E-state index is -2.78. The maximum atomic E-state index is 14.1. The normalized spacial score (nSPS) is 11.8. The molecule has 0 saturated heterocycles. The van der Waals surface area contributed by atoms with Gasteiger partial charge in [-0.2, -0.15) is 0 Å². The number of fused-ring (bicyclic) bond motifs is 3. The summed E-state index contributed by atoms with van der Waals surface area (Å²) in [6.07, 6.45) is -1.45. The zero-order chi connectivity index (χ0) is 21.9. The molecule has 0 aliphatic heterocycles. The van der Waals surface area contributed by atoms with E-state index in [9.17, 15) is 13.9 Å². The van der Waals surface area contributed by atoms with Crippen molar-refractivity contribution in [2.45, 2.75) is 20.3 Å². The number of benzene rings is 1. The number of halogens is 2. The van der Waals surface area contributed by atoms with E-state index in [0.717, 1.165) is 5.56 Å². The predicted octanol–water partition coefficient (Wildman–Crippen LogP) is 5.54. The number of rotatable bonds is 3. The van der Waals surface area contributed by atoms with Gasteiger partial charge >= 0.3 is 0 Å². The number of aromatic nitrogens is 4. The number of nitrogens with two attached hydrogens (primary N) is 1. The SMILES string of the molecule is Cc1ccc(O)c(C)c1-n1c2nc(C(F)F)c(-c3cccs3)cc2c2c(N)ncnc21. The lowest BCUT2D eigenvalue weighted by Crippen LogP contribution is -2.04. The van der Waals surface area contributed by atoms with Crippen molar-refractivity contribution in [3.05, 3.63) is 58.9 Å². The van der Waals surface area contributed by atoms with Gasteiger partial charge < -0.3 is 10.8 Å². The number of aromatic hydroxyl groups is 1. The van der Waals surface area contributed by atoms with Gasteiger partial charge in [0.15, 0.2) is 5.65 Å². The fourth-order valence-corrected chi connectivity index (χ4v) is 4.72. The lowest BCUT2D eigenvalue weighted by atomic mass is 10.1. The third-order valence-corrected chi connectivity index (χ3v) is 6.31. The molecule has 0 unspecified atom stereocenters. The van der Waals surface area contributed by atoms with Crippen LogP contribution in [0.2, 0.25) is 0 Å². The van der Waals surface area contributed by atoms with Gasteiger partial charge in [0.05, 0.1) is 11.1 Å². The van der Waals surface area contributed by atoms with E-state index in [1.165, 1.54) is 17.7 Å². The number of pyridine rings is 1. The maximum Gasteiger partial charge on any atom is 0.281 e. The number of hydrogen-bond donors (Lipinski definition) is 2. The Morgan fingerprint density at radius 2 is 1.94 bits per heavy atom. The second-order valence-corrected chi connectivity index (χ2v) is 8.19. The number of nitrogens with zero attached hydrogens (tertiary/aromatic N) is 4. The van der Waals surface area contributed by atoms with Gasteiger partial charge in [0.2, 0.25) is 0 Å². The van der Waals surface area contributed by atoms with Gasteiger partial charge in [-0.05, 0) is 43.0 Å². The molecular weight excluding hydrogens is 420 g/mol. The average Bonchev–Trinajstić information content (AvgIpc) is 3.38. The zero-order valence-electron chi connectivity index (χ0n) is 16.6. The van der Waals surface area contributed by atoms with Gasteiger partial charge in [-0.1, -0.05) is 12.1 Å². The topological polar surface area (TPSA) is 89.8 Å². The minimum Gasteiger partial charge on any atom is -0.508 e. The number of thiophene rings is 1. The lowest BCUT2D eigenvalue weighted by Gasteiger charge is -2.15. The van der Waals surface area contributed by atoms with Crippen LogP contribution in [0.3, 0.4) is 0 Å². The highest BCUT2D eigenvalue weighted by molar-refractivity contribution is 7.13. The van der Waals surface area contributed by atoms with Crippen LogP contribution in [0.15, 0.2) is 42.0 Å². The number of aryl methyl sites for hydroxylation is 1. The molecule has 0 aliphatic carbocycles. The molecular formula is C22H17F2N5OS. The van der Waals surface area contributed by atoms with Crippen molar-refractivity contribution >= 4 is 39.2 Å². The molecule has 0 saturated carbocycles. The fraction of sp³-hybridized carbons (Fsp3) is 0.136. The predicted molar refractivity (Wildman–Crippen MR) is 118 cm³/mol. The van der Waals surface area contributed by atoms with E-state index in [4.69, 9.17) is 5.73 Å². The average molecular weight is 437 g/mol. The Labute approximate surface area is 179 Å². The molecule has 0 fully saturated rings. The van der Waals surface area contributed by atoms with E-state index in [1.54, 1.807) is 41.8 Å². The maximum absolute atomic E-state index is 14.1. The van der Waals surface area contributed by atoms with Crippen LogP contribution in [-0.2, 0) is 0 Å². The number of hydrogen-bond acceptors (Lipinski definition) is 6. The number of phenols is 1. The van der Waals surface area contributed by atoms with Crippen LogP contribution in [0.5, 0.6) is 5.75 Å². The monoisotopic (exact) mass is 437 g/mol. The lowest BCUT2D eigenvalue weighted by molar-refractivity contribution is 0.147. The van der Waals surface area contributed by atoms with Crippen LogP contribution in [0, 0.1) is 13.8 Å². The van der Waals surface area contributed by atoms with E-state index in [2.05, 4.69) is 15.0 Å². The first-order valence-corrected chi connectivity index (χ1v) is 10.3. The van der Waals surface area contributed by atoms with Crippen LogP contribution in [0.4, 0.5) is 14.6 Å². The molecule has 3 N–H and O–H groups in total. The highest BCUT2D eigenvalue weighted by atomic mass is 32.1. The minimum absolute atomic E-state index is 0.0851. The molecule has 5 aromatic rings. The molecule has 4 heterocycles. The molecule has 0 atom stereocenters. The fourth-order valence-electron chi connectivity index (χ4n) is 3.97. The summed E-state index contributed by atoms with van der Waals surface area (Å²) in [6, 6.07) is 8.62. The first-order valence-electron chi connectivity index (χ1n) is 9.45. The van der Waals surface area contributed by atoms with E-state index < -0.39 is 6.43 Å². The van der Waals surface area contributed by atoms with Gasteiger partial charge in [-0.3, -0.25) is 4.57 Å². The van der Waals surface area contributed by atoms with Gasteiger partial charge in [-0.25, -0.2) is 23.7 Å². The van der Waals surface area contributed by atoms with Crippen molar-refractivity contribution in [1.82, 2.24) is 19.5 Å². The summed E-state index contributed by atoms with van der Waals surface area (Å²) >= 11 is 1.36. The molecule has 1 aromatic carbocycles. The third-order valence-electron chi connectivity index (χ3n) is 5.40. The number of nitrogen functional groups attached to an aromatic ring is 1. The van der Waals surface area contributed by atoms with Gasteiger partial charge in [0.1, 0.15) is 29.2 Å². The Morgan fingerprint density at radius 1 is 1.13 bits per heavy atom. The summed E-state index contributed by atoms with van der Waals surface area (Å²) in [5, 5.41) is 13.3. The van der Waals surface area contributed by atoms with Crippen molar-refractivity contribution in [2.75, 3.05) is 5.73 Å². The van der Waals surface area contributed by atoms with Crippen molar-refractivity contribution in [2.24, 2.45) is 0 Å². The van der Waals surface area contributed by atoms with Gasteiger partial charge in [-0.15, -0.1) is 11.3 Å². The molecule has 31 heavy (non-hydrogen) atoms. The first-order chi connectivity index (χ1) is 14.9. The van der Waals surface area contributed by atoms with Crippen molar-refractivity contribution in [1.29, 1.82) is 0 Å². The standard InChI is InChI=1S/C22H17F2N5OS/c1-10-5-6-14(30)11(2)18(10)29-21-13(16-20(25)26-9-27-22(16)29)8-12(15-4-3-7-31-15)17(28-21)19(23)24/h3-9,19,30H,1-2H3,(H2,25,26,27). The third kappa shape index (κ3) is 2.84. The molecule has 4 aromatic heterocycles. The largest absolute Gasteiger partial charge is 0.508 e. The van der Waals surface area contributed by atoms with Gasteiger partial charge in [0, 0.05) is 21.4 Å². The second-order valence-electron chi connectivity index (χ2n) is 7.24. The van der Waals surface area contributed by atoms with Crippen LogP contribution in [0.25, 0.3) is 38.2 Å². The number of alkyl halides is 2. The van der Waals surface area contributed by atoms with Crippen molar-refractivity contribution in [3.8, 4) is 21.9 Å². The van der Waals surface area contributed by atoms with Crippen molar-refractivity contribution < 1.29 is 13.9 Å². The molecule has 0 bridgehead atoms. The Bertz CT molecular complexity index is 1460. The summed E-state index contributed by atoms with van der Waals surface area (Å²) in [5.41, 5.74) is 8.99. The molecule has 0 radical (unpaired) electrons. The molecule has 6 nitrogen and oxygen atoms in total. The quantitative estimate of drug-likeness (QED) is 0.387. The molecule has 9 heteroatoms. The first kappa shape index (κ1) is 19.4. The van der Waals surface area contributed by atoms with Crippen LogP contribution in [0.1, 0.15) is 23.2 Å².